The molecular weight excluding hydrogens is 332 g/mol. The van der Waals surface area contributed by atoms with Crippen LogP contribution in [0.25, 0.3) is 0 Å². The van der Waals surface area contributed by atoms with Crippen LogP contribution in [0, 0.1) is 11.3 Å². The second-order valence-electron chi connectivity index (χ2n) is 4.65. The molecule has 0 aliphatic carbocycles. The average molecular weight is 352 g/mol. The summed E-state index contributed by atoms with van der Waals surface area (Å²) in [5.41, 5.74) is 0.598. The number of nitrogens with zero attached hydrogens (tertiary/aromatic N) is 2. The fraction of sp³-hybridized carbons (Fsp3) is 0.500. The van der Waals surface area contributed by atoms with Crippen molar-refractivity contribution in [3.8, 4) is 17.6 Å². The van der Waals surface area contributed by atoms with Gasteiger partial charge >= 0.3 is 0 Å². The van der Waals surface area contributed by atoms with E-state index in [2.05, 4.69) is 5.32 Å². The number of rotatable bonds is 4. The predicted molar refractivity (Wildman–Crippen MR) is 87.0 cm³/mol. The Bertz CT molecular complexity index is 520. The maximum absolute atomic E-state index is 13.5. The number of phenolic OH excluding ortho intramolecular Hbond substituents is 1. The van der Waals surface area contributed by atoms with Gasteiger partial charge in [0, 0.05) is 31.7 Å². The maximum Gasteiger partial charge on any atom is 0.163 e. The van der Waals surface area contributed by atoms with Crippen LogP contribution >= 0.6 is 24.8 Å². The third-order valence-electron chi connectivity index (χ3n) is 3.59. The number of hydrogen-bond donors (Lipinski definition) is 2. The summed E-state index contributed by atoms with van der Waals surface area (Å²) in [4.78, 5) is 1.94. The first-order valence-corrected chi connectivity index (χ1v) is 6.53. The molecule has 22 heavy (non-hydrogen) atoms. The Hall–Kier alpha value is -1.26. The number of nitrogens with one attached hydrogen (secondary N) is 1. The molecule has 1 heterocycles. The van der Waals surface area contributed by atoms with E-state index in [0.717, 1.165) is 13.1 Å². The third kappa shape index (κ3) is 4.14. The average Bonchev–Trinajstić information content (AvgIpc) is 2.50. The van der Waals surface area contributed by atoms with Gasteiger partial charge in [0.15, 0.2) is 11.5 Å². The van der Waals surface area contributed by atoms with Gasteiger partial charge < -0.3 is 15.2 Å². The number of phenols is 1. The molecule has 1 aliphatic rings. The first kappa shape index (κ1) is 20.7. The van der Waals surface area contributed by atoms with Gasteiger partial charge in [0.25, 0.3) is 0 Å². The van der Waals surface area contributed by atoms with Crippen LogP contribution in [0.15, 0.2) is 12.1 Å². The van der Waals surface area contributed by atoms with Crippen molar-refractivity contribution in [3.05, 3.63) is 23.3 Å². The van der Waals surface area contributed by atoms with Gasteiger partial charge in [-0.2, -0.15) is 5.26 Å². The van der Waals surface area contributed by atoms with E-state index in [0.29, 0.717) is 18.7 Å². The molecule has 1 aromatic carbocycles. The molecule has 2 rings (SSSR count). The molecule has 0 unspecified atom stereocenters. The minimum atomic E-state index is -0.657. The normalized spacial score (nSPS) is 15.9. The topological polar surface area (TPSA) is 68.5 Å². The summed E-state index contributed by atoms with van der Waals surface area (Å²) in [6.45, 7) is 2.23. The molecule has 0 radical (unpaired) electrons. The molecule has 2 N–H and O–H groups in total. The Morgan fingerprint density at radius 2 is 2.05 bits per heavy atom. The van der Waals surface area contributed by atoms with Crippen LogP contribution < -0.4 is 10.1 Å². The second-order valence-corrected chi connectivity index (χ2v) is 4.65. The van der Waals surface area contributed by atoms with E-state index in [1.807, 2.05) is 11.0 Å². The Morgan fingerprint density at radius 3 is 2.55 bits per heavy atom. The molecule has 124 valence electrons. The van der Waals surface area contributed by atoms with Crippen LogP contribution in [0.1, 0.15) is 17.2 Å². The largest absolute Gasteiger partial charge is 0.504 e. The summed E-state index contributed by atoms with van der Waals surface area (Å²) in [6, 6.07) is 4.47. The molecule has 5 nitrogen and oxygen atoms in total. The fourth-order valence-corrected chi connectivity index (χ4v) is 2.54. The van der Waals surface area contributed by atoms with Crippen LogP contribution in [-0.2, 0) is 0 Å². The van der Waals surface area contributed by atoms with Gasteiger partial charge in [0.05, 0.1) is 24.8 Å². The lowest BCUT2D eigenvalue weighted by Gasteiger charge is -2.34. The lowest BCUT2D eigenvalue weighted by Crippen LogP contribution is -2.45. The van der Waals surface area contributed by atoms with Crippen molar-refractivity contribution >= 4 is 24.8 Å². The highest BCUT2D eigenvalue weighted by Crippen LogP contribution is 2.38. The molecule has 0 bridgehead atoms. The van der Waals surface area contributed by atoms with E-state index < -0.39 is 12.7 Å². The number of aromatic hydroxyl groups is 1. The maximum atomic E-state index is 13.5. The van der Waals surface area contributed by atoms with Crippen molar-refractivity contribution < 1.29 is 14.2 Å². The van der Waals surface area contributed by atoms with Crippen molar-refractivity contribution in [2.24, 2.45) is 0 Å². The molecule has 1 atom stereocenters. The Morgan fingerprint density at radius 1 is 1.41 bits per heavy atom. The van der Waals surface area contributed by atoms with Gasteiger partial charge in [0.1, 0.15) is 6.67 Å². The number of piperazine rings is 1. The van der Waals surface area contributed by atoms with Gasteiger partial charge in [-0.3, -0.25) is 4.90 Å². The highest BCUT2D eigenvalue weighted by atomic mass is 35.5. The Balaban J connectivity index is 0.00000220. The molecule has 0 amide bonds. The second kappa shape index (κ2) is 9.70. The SMILES string of the molecule is COc1ccc(C#N)c([C@H](CF)N2CCNCC2)c1O.Cl.Cl. The van der Waals surface area contributed by atoms with Crippen LogP contribution in [0.5, 0.6) is 11.5 Å². The molecule has 1 saturated heterocycles. The van der Waals surface area contributed by atoms with E-state index in [-0.39, 0.29) is 41.9 Å². The van der Waals surface area contributed by atoms with E-state index in [4.69, 9.17) is 4.74 Å². The zero-order valence-electron chi connectivity index (χ0n) is 12.2. The predicted octanol–water partition coefficient (Wildman–Crippen LogP) is 2.03. The van der Waals surface area contributed by atoms with Crippen LogP contribution in [-0.4, -0.2) is 50.0 Å². The number of benzene rings is 1. The highest BCUT2D eigenvalue weighted by molar-refractivity contribution is 5.85. The van der Waals surface area contributed by atoms with E-state index >= 15 is 0 Å². The summed E-state index contributed by atoms with van der Waals surface area (Å²) >= 11 is 0. The van der Waals surface area contributed by atoms with Crippen LogP contribution in [0.2, 0.25) is 0 Å². The van der Waals surface area contributed by atoms with E-state index in [1.165, 1.54) is 13.2 Å². The number of nitriles is 1. The molecule has 0 saturated carbocycles. The molecule has 0 spiro atoms. The molecule has 1 aliphatic heterocycles. The quantitative estimate of drug-likeness (QED) is 0.868. The molecule has 0 aromatic heterocycles. The fourth-order valence-electron chi connectivity index (χ4n) is 2.54. The standard InChI is InChI=1S/C14H18FN3O2.2ClH/c1-20-12-3-2-10(9-16)13(14(12)19)11(8-15)18-6-4-17-5-7-18;;/h2-3,11,17,19H,4-8H2,1H3;2*1H/t11-;;/m0../s1. The third-order valence-corrected chi connectivity index (χ3v) is 3.59. The van der Waals surface area contributed by atoms with Crippen LogP contribution in [0.3, 0.4) is 0 Å². The van der Waals surface area contributed by atoms with Crippen molar-refractivity contribution in [2.45, 2.75) is 6.04 Å². The molecule has 1 aromatic rings. The summed E-state index contributed by atoms with van der Waals surface area (Å²) in [7, 11) is 1.43. The number of ether oxygens (including phenoxy) is 1. The zero-order chi connectivity index (χ0) is 14.5. The first-order valence-electron chi connectivity index (χ1n) is 6.53. The number of alkyl halides is 1. The number of hydrogen-bond acceptors (Lipinski definition) is 5. The Labute approximate surface area is 141 Å². The first-order chi connectivity index (χ1) is 9.72. The van der Waals surface area contributed by atoms with Gasteiger partial charge in [-0.15, -0.1) is 24.8 Å². The van der Waals surface area contributed by atoms with Gasteiger partial charge in [0.2, 0.25) is 0 Å². The van der Waals surface area contributed by atoms with Gasteiger partial charge in [-0.25, -0.2) is 4.39 Å². The lowest BCUT2D eigenvalue weighted by molar-refractivity contribution is 0.144. The van der Waals surface area contributed by atoms with Crippen molar-refractivity contribution in [2.75, 3.05) is 40.0 Å². The van der Waals surface area contributed by atoms with Crippen LogP contribution in [0.4, 0.5) is 4.39 Å². The highest BCUT2D eigenvalue weighted by Gasteiger charge is 2.28. The number of methoxy groups -OCH3 is 1. The number of halogens is 3. The van der Waals surface area contributed by atoms with Gasteiger partial charge in [-0.1, -0.05) is 0 Å². The monoisotopic (exact) mass is 351 g/mol. The smallest absolute Gasteiger partial charge is 0.163 e. The van der Waals surface area contributed by atoms with Crippen molar-refractivity contribution in [3.63, 3.8) is 0 Å². The van der Waals surface area contributed by atoms with E-state index in [9.17, 15) is 14.8 Å². The summed E-state index contributed by atoms with van der Waals surface area (Å²) in [5.74, 6) is 0.111. The summed E-state index contributed by atoms with van der Waals surface area (Å²) < 4.78 is 18.6. The molecule has 8 heteroatoms. The van der Waals surface area contributed by atoms with E-state index in [1.54, 1.807) is 6.07 Å². The minimum Gasteiger partial charge on any atom is -0.504 e. The summed E-state index contributed by atoms with van der Waals surface area (Å²) in [6.07, 6.45) is 0. The van der Waals surface area contributed by atoms with Gasteiger partial charge in [-0.05, 0) is 12.1 Å². The van der Waals surface area contributed by atoms with Crippen molar-refractivity contribution in [1.82, 2.24) is 10.2 Å². The summed E-state index contributed by atoms with van der Waals surface area (Å²) in [5, 5.41) is 22.6. The molecule has 1 fully saturated rings. The van der Waals surface area contributed by atoms with Crippen molar-refractivity contribution in [1.29, 1.82) is 5.26 Å². The lowest BCUT2D eigenvalue weighted by atomic mass is 9.98. The zero-order valence-corrected chi connectivity index (χ0v) is 13.8. The minimum absolute atomic E-state index is 0. The Kier molecular flexibility index (Phi) is 9.14. The molecular formula is C14H20Cl2FN3O2.